The van der Waals surface area contributed by atoms with Crippen molar-refractivity contribution in [3.8, 4) is 0 Å². The molecule has 0 aliphatic carbocycles. The maximum absolute atomic E-state index is 12.0. The Hall–Kier alpha value is -0.920. The first kappa shape index (κ1) is 16.1. The predicted octanol–water partition coefficient (Wildman–Crippen LogP) is 1.05. The lowest BCUT2D eigenvalue weighted by Gasteiger charge is -2.20. The number of aliphatic hydroxyl groups excluding tert-OH is 1. The highest BCUT2D eigenvalue weighted by Gasteiger charge is 2.21. The van der Waals surface area contributed by atoms with Gasteiger partial charge in [0, 0.05) is 13.0 Å². The molecule has 0 aliphatic rings. The third-order valence-electron chi connectivity index (χ3n) is 3.30. The van der Waals surface area contributed by atoms with Crippen LogP contribution >= 0.6 is 0 Å². The predicted molar refractivity (Wildman–Crippen MR) is 73.2 cm³/mol. The van der Waals surface area contributed by atoms with Crippen molar-refractivity contribution >= 4 is 10.0 Å². The molecular weight excluding hydrogens is 266 g/mol. The maximum Gasteiger partial charge on any atom is 0.257 e. The number of nitrogens with one attached hydrogen (secondary N) is 2. The van der Waals surface area contributed by atoms with Crippen LogP contribution in [0.1, 0.15) is 39.4 Å². The van der Waals surface area contributed by atoms with E-state index in [-0.39, 0.29) is 17.5 Å². The van der Waals surface area contributed by atoms with E-state index in [1.165, 1.54) is 6.20 Å². The molecule has 1 unspecified atom stereocenters. The topological polar surface area (TPSA) is 95.1 Å². The molecule has 0 aromatic carbocycles. The standard InChI is InChI=1S/C12H23N3O3S/c1-4-9(5-2)10(16)7-14-19(17,18)12-8-13-11(6-3)15-12/h8-10,14,16H,4-7H2,1-3H3,(H,13,15). The second kappa shape index (κ2) is 7.02. The summed E-state index contributed by atoms with van der Waals surface area (Å²) in [5.41, 5.74) is 0. The van der Waals surface area contributed by atoms with Crippen LogP contribution in [0.3, 0.4) is 0 Å². The molecule has 3 N–H and O–H groups in total. The minimum absolute atomic E-state index is 0.0230. The molecule has 110 valence electrons. The van der Waals surface area contributed by atoms with Crippen molar-refractivity contribution in [1.82, 2.24) is 14.7 Å². The van der Waals surface area contributed by atoms with Gasteiger partial charge >= 0.3 is 0 Å². The molecule has 1 aromatic rings. The molecule has 0 bridgehead atoms. The van der Waals surface area contributed by atoms with Crippen LogP contribution in [0.25, 0.3) is 0 Å². The third kappa shape index (κ3) is 4.29. The number of aromatic nitrogens is 2. The number of rotatable bonds is 8. The molecule has 0 radical (unpaired) electrons. The summed E-state index contributed by atoms with van der Waals surface area (Å²) in [6.45, 7) is 5.87. The fourth-order valence-corrected chi connectivity index (χ4v) is 2.92. The smallest absolute Gasteiger partial charge is 0.257 e. The molecule has 0 amide bonds. The number of hydrogen-bond donors (Lipinski definition) is 3. The van der Waals surface area contributed by atoms with Crippen molar-refractivity contribution < 1.29 is 13.5 Å². The SMILES string of the molecule is CCc1ncc(S(=O)(=O)NCC(O)C(CC)CC)[nH]1. The summed E-state index contributed by atoms with van der Waals surface area (Å²) < 4.78 is 26.4. The van der Waals surface area contributed by atoms with Gasteiger partial charge < -0.3 is 10.1 Å². The number of aromatic amines is 1. The van der Waals surface area contributed by atoms with Gasteiger partial charge in [-0.15, -0.1) is 0 Å². The number of nitrogens with zero attached hydrogens (tertiary/aromatic N) is 1. The summed E-state index contributed by atoms with van der Waals surface area (Å²) in [4.78, 5) is 6.70. The minimum atomic E-state index is -3.62. The van der Waals surface area contributed by atoms with Crippen LogP contribution in [0.4, 0.5) is 0 Å². The largest absolute Gasteiger partial charge is 0.391 e. The molecule has 0 aliphatic heterocycles. The lowest BCUT2D eigenvalue weighted by molar-refractivity contribution is 0.107. The second-order valence-corrected chi connectivity index (χ2v) is 6.28. The van der Waals surface area contributed by atoms with Crippen LogP contribution in [0, 0.1) is 5.92 Å². The first-order valence-corrected chi connectivity index (χ1v) is 8.14. The molecule has 0 saturated heterocycles. The van der Waals surface area contributed by atoms with Crippen LogP contribution in [-0.2, 0) is 16.4 Å². The number of aliphatic hydroxyl groups is 1. The van der Waals surface area contributed by atoms with Crippen molar-refractivity contribution in [3.05, 3.63) is 12.0 Å². The molecule has 0 fully saturated rings. The van der Waals surface area contributed by atoms with Gasteiger partial charge in [-0.2, -0.15) is 0 Å². The minimum Gasteiger partial charge on any atom is -0.391 e. The molecule has 0 spiro atoms. The van der Waals surface area contributed by atoms with Crippen molar-refractivity contribution in [1.29, 1.82) is 0 Å². The number of aryl methyl sites for hydroxylation is 1. The fourth-order valence-electron chi connectivity index (χ4n) is 1.93. The molecular formula is C12H23N3O3S. The molecule has 1 heterocycles. The van der Waals surface area contributed by atoms with Gasteiger partial charge in [-0.05, 0) is 5.92 Å². The summed E-state index contributed by atoms with van der Waals surface area (Å²) in [6, 6.07) is 0. The quantitative estimate of drug-likeness (QED) is 0.666. The Labute approximate surface area is 114 Å². The van der Waals surface area contributed by atoms with E-state index >= 15 is 0 Å². The van der Waals surface area contributed by atoms with E-state index in [1.807, 2.05) is 20.8 Å². The Morgan fingerprint density at radius 1 is 1.37 bits per heavy atom. The van der Waals surface area contributed by atoms with Gasteiger partial charge in [0.15, 0.2) is 5.03 Å². The van der Waals surface area contributed by atoms with Crippen LogP contribution < -0.4 is 4.72 Å². The second-order valence-electron chi connectivity index (χ2n) is 4.54. The average Bonchev–Trinajstić information content (AvgIpc) is 2.87. The lowest BCUT2D eigenvalue weighted by atomic mass is 9.97. The zero-order valence-corrected chi connectivity index (χ0v) is 12.5. The Morgan fingerprint density at radius 2 is 2.00 bits per heavy atom. The number of sulfonamides is 1. The summed E-state index contributed by atoms with van der Waals surface area (Å²) in [5, 5.41) is 9.96. The molecule has 1 atom stereocenters. The molecule has 0 saturated carbocycles. The van der Waals surface area contributed by atoms with Crippen molar-refractivity contribution in [2.75, 3.05) is 6.54 Å². The zero-order chi connectivity index (χ0) is 14.5. The van der Waals surface area contributed by atoms with E-state index in [0.717, 1.165) is 12.8 Å². The lowest BCUT2D eigenvalue weighted by Crippen LogP contribution is -2.36. The highest BCUT2D eigenvalue weighted by atomic mass is 32.2. The van der Waals surface area contributed by atoms with E-state index in [4.69, 9.17) is 0 Å². The average molecular weight is 289 g/mol. The van der Waals surface area contributed by atoms with Gasteiger partial charge in [0.05, 0.1) is 12.3 Å². The monoisotopic (exact) mass is 289 g/mol. The van der Waals surface area contributed by atoms with Gasteiger partial charge in [-0.3, -0.25) is 0 Å². The Morgan fingerprint density at radius 3 is 2.47 bits per heavy atom. The maximum atomic E-state index is 12.0. The van der Waals surface area contributed by atoms with Gasteiger partial charge in [-0.25, -0.2) is 18.1 Å². The van der Waals surface area contributed by atoms with Crippen LogP contribution in [0.15, 0.2) is 11.2 Å². The van der Waals surface area contributed by atoms with Gasteiger partial charge in [-0.1, -0.05) is 33.6 Å². The fraction of sp³-hybridized carbons (Fsp3) is 0.750. The molecule has 1 rings (SSSR count). The van der Waals surface area contributed by atoms with Crippen LogP contribution in [0.2, 0.25) is 0 Å². The van der Waals surface area contributed by atoms with Crippen molar-refractivity contribution in [2.45, 2.75) is 51.2 Å². The number of hydrogen-bond acceptors (Lipinski definition) is 4. The van der Waals surface area contributed by atoms with E-state index in [0.29, 0.717) is 12.2 Å². The van der Waals surface area contributed by atoms with E-state index in [1.54, 1.807) is 0 Å². The summed E-state index contributed by atoms with van der Waals surface area (Å²) >= 11 is 0. The third-order valence-corrected chi connectivity index (χ3v) is 4.64. The molecule has 6 nitrogen and oxygen atoms in total. The molecule has 19 heavy (non-hydrogen) atoms. The molecule has 7 heteroatoms. The normalized spacial score (nSPS) is 13.9. The molecule has 1 aromatic heterocycles. The van der Waals surface area contributed by atoms with Crippen LogP contribution in [0.5, 0.6) is 0 Å². The highest BCUT2D eigenvalue weighted by Crippen LogP contribution is 2.13. The van der Waals surface area contributed by atoms with E-state index < -0.39 is 16.1 Å². The Balaban J connectivity index is 2.65. The van der Waals surface area contributed by atoms with Gasteiger partial charge in [0.25, 0.3) is 10.0 Å². The first-order chi connectivity index (χ1) is 8.94. The Bertz CT molecular complexity index is 480. The summed E-state index contributed by atoms with van der Waals surface area (Å²) in [7, 11) is -3.62. The van der Waals surface area contributed by atoms with Gasteiger partial charge in [0.2, 0.25) is 0 Å². The first-order valence-electron chi connectivity index (χ1n) is 6.66. The van der Waals surface area contributed by atoms with Gasteiger partial charge in [0.1, 0.15) is 5.82 Å². The van der Waals surface area contributed by atoms with Crippen LogP contribution in [-0.4, -0.2) is 36.1 Å². The van der Waals surface area contributed by atoms with Crippen molar-refractivity contribution in [2.24, 2.45) is 5.92 Å². The zero-order valence-electron chi connectivity index (χ0n) is 11.7. The number of imidazole rings is 1. The Kier molecular flexibility index (Phi) is 5.96. The highest BCUT2D eigenvalue weighted by molar-refractivity contribution is 7.89. The summed E-state index contributed by atoms with van der Waals surface area (Å²) in [5.74, 6) is 0.733. The number of H-pyrrole nitrogens is 1. The summed E-state index contributed by atoms with van der Waals surface area (Å²) in [6.07, 6.45) is 2.92. The van der Waals surface area contributed by atoms with E-state index in [2.05, 4.69) is 14.7 Å². The van der Waals surface area contributed by atoms with Crippen molar-refractivity contribution in [3.63, 3.8) is 0 Å². The van der Waals surface area contributed by atoms with E-state index in [9.17, 15) is 13.5 Å².